The topological polar surface area (TPSA) is 105 Å². The number of carbonyl (C=O) groups excluding carboxylic acids is 2. The van der Waals surface area contributed by atoms with Gasteiger partial charge in [-0.05, 0) is 47.9 Å². The third-order valence-corrected chi connectivity index (χ3v) is 6.26. The van der Waals surface area contributed by atoms with Crippen molar-refractivity contribution < 1.29 is 33.0 Å². The molecule has 7 nitrogen and oxygen atoms in total. The van der Waals surface area contributed by atoms with Gasteiger partial charge in [0, 0.05) is 12.0 Å². The number of carboxylic acid groups (broad SMARTS) is 1. The highest BCUT2D eigenvalue weighted by molar-refractivity contribution is 5.86. The number of benzene rings is 2. The molecule has 0 heterocycles. The van der Waals surface area contributed by atoms with Crippen LogP contribution in [-0.4, -0.2) is 47.7 Å². The lowest BCUT2D eigenvalue weighted by Crippen LogP contribution is -2.58. The second-order valence-corrected chi connectivity index (χ2v) is 8.88. The Hall–Kier alpha value is -3.49. The van der Waals surface area contributed by atoms with Crippen LogP contribution in [0.3, 0.4) is 0 Å². The molecule has 0 aliphatic heterocycles. The Bertz CT molecular complexity index is 1060. The Labute approximate surface area is 195 Å². The first-order valence-electron chi connectivity index (χ1n) is 11.2. The molecule has 1 saturated carbocycles. The third-order valence-electron chi connectivity index (χ3n) is 6.26. The SMILES string of the molecule is C[C@H](CC(=O)O)NC(=O)C(F)(F)C(NC(=O)OCC1c2ccccc2-c2ccccc21)C1CC1. The van der Waals surface area contributed by atoms with E-state index in [4.69, 9.17) is 9.84 Å². The van der Waals surface area contributed by atoms with Crippen LogP contribution in [0.1, 0.15) is 43.2 Å². The Kier molecular flexibility index (Phi) is 6.54. The number of alkyl halides is 2. The van der Waals surface area contributed by atoms with Gasteiger partial charge in [0.2, 0.25) is 0 Å². The first kappa shape index (κ1) is 23.7. The maximum Gasteiger partial charge on any atom is 0.407 e. The first-order valence-corrected chi connectivity index (χ1v) is 11.2. The van der Waals surface area contributed by atoms with E-state index in [1.54, 1.807) is 0 Å². The average molecular weight is 472 g/mol. The second kappa shape index (κ2) is 9.40. The maximum absolute atomic E-state index is 14.9. The summed E-state index contributed by atoms with van der Waals surface area (Å²) in [6.45, 7) is 1.29. The molecule has 0 bridgehead atoms. The van der Waals surface area contributed by atoms with Gasteiger partial charge in [0.1, 0.15) is 12.6 Å². The highest BCUT2D eigenvalue weighted by Gasteiger charge is 2.54. The monoisotopic (exact) mass is 472 g/mol. The summed E-state index contributed by atoms with van der Waals surface area (Å²) < 4.78 is 35.2. The zero-order valence-corrected chi connectivity index (χ0v) is 18.6. The molecule has 9 heteroatoms. The molecule has 2 aliphatic carbocycles. The fraction of sp³-hybridized carbons (Fsp3) is 0.400. The lowest BCUT2D eigenvalue weighted by molar-refractivity contribution is -0.151. The quantitative estimate of drug-likeness (QED) is 0.513. The molecule has 0 saturated heterocycles. The third kappa shape index (κ3) is 4.88. The van der Waals surface area contributed by atoms with Crippen molar-refractivity contribution in [2.75, 3.05) is 6.61 Å². The summed E-state index contributed by atoms with van der Waals surface area (Å²) in [7, 11) is 0. The van der Waals surface area contributed by atoms with Crippen molar-refractivity contribution in [2.24, 2.45) is 5.92 Å². The number of hydrogen-bond acceptors (Lipinski definition) is 4. The number of alkyl carbamates (subject to hydrolysis) is 1. The van der Waals surface area contributed by atoms with Crippen LogP contribution in [0, 0.1) is 5.92 Å². The summed E-state index contributed by atoms with van der Waals surface area (Å²) in [4.78, 5) is 35.5. The number of carboxylic acids is 1. The van der Waals surface area contributed by atoms with Crippen molar-refractivity contribution in [3.63, 3.8) is 0 Å². The van der Waals surface area contributed by atoms with Crippen molar-refractivity contribution in [1.29, 1.82) is 0 Å². The number of ether oxygens (including phenoxy) is 1. The standard InChI is InChI=1S/C25H26F2N2O5/c1-14(12-21(30)31)28-23(32)25(26,27)22(15-10-11-15)29-24(33)34-13-20-18-8-4-2-6-16(18)17-7-3-5-9-19(17)20/h2-9,14-15,20,22H,10-13H2,1H3,(H,28,32)(H,29,33)(H,30,31)/t14-,22?/m1/s1. The summed E-state index contributed by atoms with van der Waals surface area (Å²) in [5, 5.41) is 13.0. The normalized spacial score (nSPS) is 16.7. The fourth-order valence-corrected chi connectivity index (χ4v) is 4.48. The van der Waals surface area contributed by atoms with E-state index in [1.165, 1.54) is 6.92 Å². The number of halogens is 2. The van der Waals surface area contributed by atoms with Crippen LogP contribution < -0.4 is 10.6 Å². The molecular weight excluding hydrogens is 446 g/mol. The highest BCUT2D eigenvalue weighted by atomic mass is 19.3. The van der Waals surface area contributed by atoms with Crippen LogP contribution in [-0.2, 0) is 14.3 Å². The smallest absolute Gasteiger partial charge is 0.407 e. The molecule has 2 aliphatic rings. The van der Waals surface area contributed by atoms with Gasteiger partial charge in [-0.2, -0.15) is 8.78 Å². The number of fused-ring (bicyclic) bond motifs is 3. The van der Waals surface area contributed by atoms with Crippen molar-refractivity contribution in [3.8, 4) is 11.1 Å². The molecule has 180 valence electrons. The summed E-state index contributed by atoms with van der Waals surface area (Å²) in [5.74, 6) is -7.53. The number of hydrogen-bond donors (Lipinski definition) is 3. The minimum Gasteiger partial charge on any atom is -0.481 e. The summed E-state index contributed by atoms with van der Waals surface area (Å²) >= 11 is 0. The molecule has 34 heavy (non-hydrogen) atoms. The van der Waals surface area contributed by atoms with Gasteiger partial charge in [0.05, 0.1) is 6.42 Å². The summed E-state index contributed by atoms with van der Waals surface area (Å²) in [6.07, 6.45) is -0.621. The largest absolute Gasteiger partial charge is 0.481 e. The minimum atomic E-state index is -3.92. The zero-order valence-electron chi connectivity index (χ0n) is 18.6. The predicted octanol–water partition coefficient (Wildman–Crippen LogP) is 3.92. The molecule has 0 aromatic heterocycles. The van der Waals surface area contributed by atoms with Crippen molar-refractivity contribution >= 4 is 18.0 Å². The predicted molar refractivity (Wildman–Crippen MR) is 120 cm³/mol. The van der Waals surface area contributed by atoms with Gasteiger partial charge in [-0.3, -0.25) is 9.59 Å². The lowest BCUT2D eigenvalue weighted by Gasteiger charge is -2.28. The Morgan fingerprint density at radius 2 is 1.59 bits per heavy atom. The van der Waals surface area contributed by atoms with Crippen LogP contribution in [0.15, 0.2) is 48.5 Å². The average Bonchev–Trinajstić information content (AvgIpc) is 3.57. The van der Waals surface area contributed by atoms with Crippen LogP contribution in [0.2, 0.25) is 0 Å². The van der Waals surface area contributed by atoms with Gasteiger partial charge in [-0.15, -0.1) is 0 Å². The lowest BCUT2D eigenvalue weighted by atomic mass is 9.98. The van der Waals surface area contributed by atoms with Crippen LogP contribution in [0.4, 0.5) is 13.6 Å². The number of aliphatic carboxylic acids is 1. The van der Waals surface area contributed by atoms with Crippen LogP contribution in [0.25, 0.3) is 11.1 Å². The molecule has 4 rings (SSSR count). The van der Waals surface area contributed by atoms with E-state index in [9.17, 15) is 23.2 Å². The van der Waals surface area contributed by atoms with Gasteiger partial charge in [-0.1, -0.05) is 48.5 Å². The molecule has 2 aromatic carbocycles. The second-order valence-electron chi connectivity index (χ2n) is 8.88. The van der Waals surface area contributed by atoms with E-state index in [2.05, 4.69) is 5.32 Å². The van der Waals surface area contributed by atoms with Crippen molar-refractivity contribution in [3.05, 3.63) is 59.7 Å². The van der Waals surface area contributed by atoms with E-state index in [1.807, 2.05) is 53.8 Å². The Morgan fingerprint density at radius 1 is 1.03 bits per heavy atom. The molecule has 0 radical (unpaired) electrons. The van der Waals surface area contributed by atoms with Gasteiger partial charge in [0.25, 0.3) is 5.91 Å². The molecule has 1 unspecified atom stereocenters. The molecule has 0 spiro atoms. The van der Waals surface area contributed by atoms with Gasteiger partial charge in [0.15, 0.2) is 0 Å². The first-order chi connectivity index (χ1) is 16.2. The number of rotatable bonds is 9. The molecule has 3 N–H and O–H groups in total. The van der Waals surface area contributed by atoms with Gasteiger partial charge < -0.3 is 20.5 Å². The molecule has 2 amide bonds. The van der Waals surface area contributed by atoms with Crippen molar-refractivity contribution in [2.45, 2.75) is 50.1 Å². The highest BCUT2D eigenvalue weighted by Crippen LogP contribution is 2.44. The molecule has 2 aromatic rings. The van der Waals surface area contributed by atoms with E-state index < -0.39 is 48.3 Å². The summed E-state index contributed by atoms with van der Waals surface area (Å²) in [5.41, 5.74) is 4.07. The number of carbonyl (C=O) groups is 3. The van der Waals surface area contributed by atoms with E-state index in [-0.39, 0.29) is 12.5 Å². The van der Waals surface area contributed by atoms with Gasteiger partial charge >= 0.3 is 18.0 Å². The van der Waals surface area contributed by atoms with Crippen LogP contribution >= 0.6 is 0 Å². The zero-order chi connectivity index (χ0) is 24.5. The van der Waals surface area contributed by atoms with E-state index in [0.29, 0.717) is 12.8 Å². The van der Waals surface area contributed by atoms with Crippen molar-refractivity contribution in [1.82, 2.24) is 10.6 Å². The molecular formula is C25H26F2N2O5. The number of amides is 2. The van der Waals surface area contributed by atoms with E-state index in [0.717, 1.165) is 22.3 Å². The van der Waals surface area contributed by atoms with Crippen LogP contribution in [0.5, 0.6) is 0 Å². The van der Waals surface area contributed by atoms with E-state index >= 15 is 0 Å². The summed E-state index contributed by atoms with van der Waals surface area (Å²) in [6, 6.07) is 12.8. The molecule has 1 fully saturated rings. The Morgan fingerprint density at radius 3 is 2.12 bits per heavy atom. The maximum atomic E-state index is 14.9. The Balaban J connectivity index is 1.41. The minimum absolute atomic E-state index is 0.0370. The van der Waals surface area contributed by atoms with Gasteiger partial charge in [-0.25, -0.2) is 4.79 Å². The molecule has 2 atom stereocenters. The number of nitrogens with one attached hydrogen (secondary N) is 2. The fourth-order valence-electron chi connectivity index (χ4n) is 4.48.